The highest BCUT2D eigenvalue weighted by molar-refractivity contribution is 7.13. The third kappa shape index (κ3) is 4.21. The number of hydrogen-bond acceptors (Lipinski definition) is 4. The molecule has 1 fully saturated rings. The molecule has 0 aliphatic carbocycles. The standard InChI is InChI=1S/C21H30N2O3S/c1-6-15(18-13(2)17-16(27-18)7-10-22-19(17)24)14-8-11-23(12-9-14)20(25)26-21(3,4)5/h6,14H,7-12H2,1-5H3,(H,22,24)/b15-6-. The van der Waals surface area contributed by atoms with Crippen LogP contribution in [-0.4, -0.2) is 42.1 Å². The number of amides is 2. The van der Waals surface area contributed by atoms with Crippen LogP contribution in [0.5, 0.6) is 0 Å². The van der Waals surface area contributed by atoms with Crippen LogP contribution in [0.2, 0.25) is 0 Å². The first-order valence-corrected chi connectivity index (χ1v) is 10.6. The average molecular weight is 391 g/mol. The third-order valence-electron chi connectivity index (χ3n) is 5.24. The van der Waals surface area contributed by atoms with Gasteiger partial charge >= 0.3 is 6.09 Å². The molecule has 2 aliphatic heterocycles. The van der Waals surface area contributed by atoms with Crippen molar-refractivity contribution in [1.29, 1.82) is 0 Å². The van der Waals surface area contributed by atoms with E-state index in [1.165, 1.54) is 15.3 Å². The number of carbonyl (C=O) groups is 2. The maximum absolute atomic E-state index is 12.3. The zero-order valence-corrected chi connectivity index (χ0v) is 17.8. The Kier molecular flexibility index (Phi) is 5.65. The minimum absolute atomic E-state index is 0.0615. The van der Waals surface area contributed by atoms with Gasteiger partial charge in [0.15, 0.2) is 0 Å². The van der Waals surface area contributed by atoms with Crippen molar-refractivity contribution in [3.05, 3.63) is 27.0 Å². The Morgan fingerprint density at radius 3 is 2.52 bits per heavy atom. The fourth-order valence-corrected chi connectivity index (χ4v) is 5.41. The number of carbonyl (C=O) groups excluding carboxylic acids is 2. The van der Waals surface area contributed by atoms with Gasteiger partial charge in [-0.15, -0.1) is 11.3 Å². The van der Waals surface area contributed by atoms with Crippen LogP contribution in [0.1, 0.15) is 66.2 Å². The molecule has 0 bridgehead atoms. The molecule has 2 amide bonds. The lowest BCUT2D eigenvalue weighted by Gasteiger charge is -2.34. The van der Waals surface area contributed by atoms with Crippen LogP contribution < -0.4 is 5.32 Å². The first-order valence-electron chi connectivity index (χ1n) is 9.76. The molecule has 0 radical (unpaired) electrons. The number of hydrogen-bond donors (Lipinski definition) is 1. The van der Waals surface area contributed by atoms with Crippen LogP contribution in [0.4, 0.5) is 4.79 Å². The number of rotatable bonds is 2. The van der Waals surface area contributed by atoms with Crippen molar-refractivity contribution < 1.29 is 14.3 Å². The highest BCUT2D eigenvalue weighted by atomic mass is 32.1. The van der Waals surface area contributed by atoms with E-state index >= 15 is 0 Å². The van der Waals surface area contributed by atoms with Crippen LogP contribution >= 0.6 is 11.3 Å². The molecule has 0 aromatic carbocycles. The Bertz CT molecular complexity index is 765. The lowest BCUT2D eigenvalue weighted by atomic mass is 9.86. The van der Waals surface area contributed by atoms with E-state index in [0.717, 1.165) is 36.9 Å². The highest BCUT2D eigenvalue weighted by Crippen LogP contribution is 2.40. The van der Waals surface area contributed by atoms with Crippen LogP contribution in [0.3, 0.4) is 0 Å². The number of fused-ring (bicyclic) bond motifs is 1. The predicted molar refractivity (Wildman–Crippen MR) is 109 cm³/mol. The minimum Gasteiger partial charge on any atom is -0.444 e. The van der Waals surface area contributed by atoms with Gasteiger partial charge in [0, 0.05) is 29.4 Å². The van der Waals surface area contributed by atoms with Gasteiger partial charge in [0.05, 0.1) is 5.56 Å². The Labute approximate surface area is 165 Å². The zero-order chi connectivity index (χ0) is 19.8. The SMILES string of the molecule is C/C=C(\c1sc2c(c1C)C(=O)NCC2)C1CCN(C(=O)OC(C)(C)C)CC1. The van der Waals surface area contributed by atoms with E-state index < -0.39 is 5.60 Å². The highest BCUT2D eigenvalue weighted by Gasteiger charge is 2.31. The molecule has 6 heteroatoms. The van der Waals surface area contributed by atoms with Gasteiger partial charge in [-0.25, -0.2) is 4.79 Å². The molecule has 1 aromatic rings. The molecule has 3 rings (SSSR count). The summed E-state index contributed by atoms with van der Waals surface area (Å²) in [6.07, 6.45) is 4.74. The van der Waals surface area contributed by atoms with Crippen molar-refractivity contribution in [3.63, 3.8) is 0 Å². The van der Waals surface area contributed by atoms with Crippen molar-refractivity contribution in [2.45, 2.75) is 59.5 Å². The van der Waals surface area contributed by atoms with Crippen LogP contribution in [0, 0.1) is 12.8 Å². The molecular weight excluding hydrogens is 360 g/mol. The van der Waals surface area contributed by atoms with Gasteiger partial charge in [-0.05, 0) is 70.9 Å². The monoisotopic (exact) mass is 390 g/mol. The number of thiophene rings is 1. The summed E-state index contributed by atoms with van der Waals surface area (Å²) in [5.41, 5.74) is 2.85. The van der Waals surface area contributed by atoms with Gasteiger partial charge in [0.2, 0.25) is 0 Å². The van der Waals surface area contributed by atoms with Gasteiger partial charge < -0.3 is 15.0 Å². The normalized spacial score (nSPS) is 18.9. The number of allylic oxidation sites excluding steroid dienone is 2. The second-order valence-corrected chi connectivity index (χ2v) is 9.45. The Hall–Kier alpha value is -1.82. The summed E-state index contributed by atoms with van der Waals surface area (Å²) in [7, 11) is 0. The van der Waals surface area contributed by atoms with Crippen molar-refractivity contribution in [1.82, 2.24) is 10.2 Å². The van der Waals surface area contributed by atoms with Crippen molar-refractivity contribution in [3.8, 4) is 0 Å². The quantitative estimate of drug-likeness (QED) is 0.815. The van der Waals surface area contributed by atoms with Crippen LogP contribution in [0.15, 0.2) is 6.08 Å². The van der Waals surface area contributed by atoms with E-state index in [1.807, 2.05) is 25.7 Å². The number of nitrogens with one attached hydrogen (secondary N) is 1. The summed E-state index contributed by atoms with van der Waals surface area (Å²) in [6.45, 7) is 12.0. The Balaban J connectivity index is 1.72. The van der Waals surface area contributed by atoms with Gasteiger partial charge in [0.1, 0.15) is 5.60 Å². The summed E-state index contributed by atoms with van der Waals surface area (Å²) >= 11 is 1.77. The van der Waals surface area contributed by atoms with Crippen LogP contribution in [-0.2, 0) is 11.2 Å². The maximum atomic E-state index is 12.3. The van der Waals surface area contributed by atoms with Crippen molar-refractivity contribution in [2.24, 2.45) is 5.92 Å². The van der Waals surface area contributed by atoms with E-state index in [4.69, 9.17) is 4.74 Å². The van der Waals surface area contributed by atoms with E-state index in [-0.39, 0.29) is 12.0 Å². The third-order valence-corrected chi connectivity index (χ3v) is 6.64. The number of likely N-dealkylation sites (tertiary alicyclic amines) is 1. The topological polar surface area (TPSA) is 58.6 Å². The molecular formula is C21H30N2O3S. The zero-order valence-electron chi connectivity index (χ0n) is 17.0. The lowest BCUT2D eigenvalue weighted by molar-refractivity contribution is 0.0199. The fourth-order valence-electron chi connectivity index (χ4n) is 3.95. The summed E-state index contributed by atoms with van der Waals surface area (Å²) in [4.78, 5) is 28.8. The first kappa shape index (κ1) is 19.9. The van der Waals surface area contributed by atoms with E-state index in [0.29, 0.717) is 19.0 Å². The summed E-state index contributed by atoms with van der Waals surface area (Å²) in [5, 5.41) is 2.96. The van der Waals surface area contributed by atoms with E-state index in [9.17, 15) is 9.59 Å². The first-order chi connectivity index (χ1) is 12.7. The Morgan fingerprint density at radius 2 is 1.96 bits per heavy atom. The molecule has 0 spiro atoms. The fraction of sp³-hybridized carbons (Fsp3) is 0.619. The second-order valence-electron chi connectivity index (χ2n) is 8.35. The minimum atomic E-state index is -0.462. The lowest BCUT2D eigenvalue weighted by Crippen LogP contribution is -2.41. The predicted octanol–water partition coefficient (Wildman–Crippen LogP) is 4.39. The molecule has 0 atom stereocenters. The Morgan fingerprint density at radius 1 is 1.30 bits per heavy atom. The summed E-state index contributed by atoms with van der Waals surface area (Å²) in [5.74, 6) is 0.474. The summed E-state index contributed by atoms with van der Waals surface area (Å²) in [6, 6.07) is 0. The van der Waals surface area contributed by atoms with Gasteiger partial charge in [-0.2, -0.15) is 0 Å². The van der Waals surface area contributed by atoms with Crippen molar-refractivity contribution >= 4 is 28.9 Å². The molecule has 148 valence electrons. The number of ether oxygens (including phenoxy) is 1. The molecule has 1 aromatic heterocycles. The van der Waals surface area contributed by atoms with Crippen molar-refractivity contribution in [2.75, 3.05) is 19.6 Å². The largest absolute Gasteiger partial charge is 0.444 e. The number of piperidine rings is 1. The molecule has 1 saturated heterocycles. The van der Waals surface area contributed by atoms with Gasteiger partial charge in [0.25, 0.3) is 5.91 Å². The van der Waals surface area contributed by atoms with E-state index in [1.54, 1.807) is 11.3 Å². The molecule has 5 nitrogen and oxygen atoms in total. The maximum Gasteiger partial charge on any atom is 0.410 e. The molecule has 27 heavy (non-hydrogen) atoms. The molecule has 2 aliphatic rings. The average Bonchev–Trinajstić information content (AvgIpc) is 2.93. The second kappa shape index (κ2) is 7.66. The molecule has 3 heterocycles. The van der Waals surface area contributed by atoms with Gasteiger partial charge in [-0.3, -0.25) is 4.79 Å². The van der Waals surface area contributed by atoms with Crippen LogP contribution in [0.25, 0.3) is 5.57 Å². The molecule has 0 saturated carbocycles. The smallest absolute Gasteiger partial charge is 0.410 e. The molecule has 0 unspecified atom stereocenters. The van der Waals surface area contributed by atoms with Gasteiger partial charge in [-0.1, -0.05) is 6.08 Å². The number of nitrogens with zero attached hydrogens (tertiary/aromatic N) is 1. The summed E-state index contributed by atoms with van der Waals surface area (Å²) < 4.78 is 5.50. The van der Waals surface area contributed by atoms with E-state index in [2.05, 4.69) is 25.2 Å². The molecule has 1 N–H and O–H groups in total.